The SMILES string of the molecule is CCOC(=O)c1cc(-c2ccc(OC)cc2)n(CCn2c([N+](=O)[O-])cnc2C)c1C. The summed E-state index contributed by atoms with van der Waals surface area (Å²) in [6, 6.07) is 9.30. The van der Waals surface area contributed by atoms with E-state index in [0.29, 0.717) is 24.5 Å². The summed E-state index contributed by atoms with van der Waals surface area (Å²) in [5.74, 6) is 0.828. The molecule has 0 unspecified atom stereocenters. The number of ether oxygens (including phenoxy) is 2. The number of hydrogen-bond acceptors (Lipinski definition) is 6. The molecule has 0 radical (unpaired) electrons. The van der Waals surface area contributed by atoms with Crippen LogP contribution in [0.5, 0.6) is 5.75 Å². The minimum Gasteiger partial charge on any atom is -0.497 e. The number of esters is 1. The van der Waals surface area contributed by atoms with E-state index in [1.807, 2.05) is 35.8 Å². The van der Waals surface area contributed by atoms with Gasteiger partial charge in [0.1, 0.15) is 18.5 Å². The van der Waals surface area contributed by atoms with Crippen molar-refractivity contribution in [3.05, 3.63) is 63.7 Å². The van der Waals surface area contributed by atoms with Gasteiger partial charge in [-0.2, -0.15) is 0 Å². The lowest BCUT2D eigenvalue weighted by molar-refractivity contribution is -0.392. The van der Waals surface area contributed by atoms with Crippen LogP contribution in [0.1, 0.15) is 28.8 Å². The van der Waals surface area contributed by atoms with Gasteiger partial charge in [0.25, 0.3) is 0 Å². The fourth-order valence-corrected chi connectivity index (χ4v) is 3.43. The molecule has 158 valence electrons. The van der Waals surface area contributed by atoms with Gasteiger partial charge in [-0.1, -0.05) is 0 Å². The lowest BCUT2D eigenvalue weighted by Crippen LogP contribution is -2.13. The normalized spacial score (nSPS) is 10.8. The topological polar surface area (TPSA) is 101 Å². The molecule has 30 heavy (non-hydrogen) atoms. The molecule has 2 heterocycles. The Kier molecular flexibility index (Phi) is 6.20. The van der Waals surface area contributed by atoms with Crippen LogP contribution in [-0.2, 0) is 17.8 Å². The van der Waals surface area contributed by atoms with Crippen LogP contribution in [0.25, 0.3) is 11.3 Å². The number of aromatic nitrogens is 3. The number of carbonyl (C=O) groups is 1. The zero-order valence-corrected chi connectivity index (χ0v) is 17.4. The summed E-state index contributed by atoms with van der Waals surface area (Å²) in [5, 5.41) is 11.3. The van der Waals surface area contributed by atoms with Gasteiger partial charge < -0.3 is 24.2 Å². The molecule has 9 nitrogen and oxygen atoms in total. The van der Waals surface area contributed by atoms with E-state index >= 15 is 0 Å². The number of benzene rings is 1. The third-order valence-corrected chi connectivity index (χ3v) is 5.02. The minimum absolute atomic E-state index is 0.0612. The maximum atomic E-state index is 12.4. The van der Waals surface area contributed by atoms with Crippen LogP contribution >= 0.6 is 0 Å². The molecule has 3 rings (SSSR count). The molecule has 0 amide bonds. The van der Waals surface area contributed by atoms with Crippen LogP contribution in [-0.4, -0.2) is 38.7 Å². The summed E-state index contributed by atoms with van der Waals surface area (Å²) >= 11 is 0. The molecule has 1 aromatic carbocycles. The number of carbonyl (C=O) groups excluding carboxylic acids is 1. The Morgan fingerprint density at radius 2 is 1.83 bits per heavy atom. The highest BCUT2D eigenvalue weighted by atomic mass is 16.6. The summed E-state index contributed by atoms with van der Waals surface area (Å²) in [6.07, 6.45) is 1.26. The molecular weight excluding hydrogens is 388 g/mol. The van der Waals surface area contributed by atoms with Crippen molar-refractivity contribution >= 4 is 11.8 Å². The first-order valence-corrected chi connectivity index (χ1v) is 9.55. The second-order valence-electron chi connectivity index (χ2n) is 6.70. The van der Waals surface area contributed by atoms with E-state index in [2.05, 4.69) is 4.98 Å². The lowest BCUT2D eigenvalue weighted by Gasteiger charge is -2.12. The highest BCUT2D eigenvalue weighted by Crippen LogP contribution is 2.28. The summed E-state index contributed by atoms with van der Waals surface area (Å²) in [7, 11) is 1.60. The smallest absolute Gasteiger partial charge is 0.342 e. The molecule has 0 saturated carbocycles. The monoisotopic (exact) mass is 412 g/mol. The van der Waals surface area contributed by atoms with Gasteiger partial charge >= 0.3 is 11.8 Å². The lowest BCUT2D eigenvalue weighted by atomic mass is 10.1. The molecule has 0 aliphatic carbocycles. The Bertz CT molecular complexity index is 1070. The van der Waals surface area contributed by atoms with Crippen LogP contribution in [0.15, 0.2) is 36.5 Å². The second kappa shape index (κ2) is 8.81. The Morgan fingerprint density at radius 1 is 1.17 bits per heavy atom. The molecule has 0 N–H and O–H groups in total. The number of nitrogens with zero attached hydrogens (tertiary/aromatic N) is 4. The largest absolute Gasteiger partial charge is 0.497 e. The number of methoxy groups -OCH3 is 1. The third kappa shape index (κ3) is 4.05. The highest BCUT2D eigenvalue weighted by molar-refractivity contribution is 5.92. The molecule has 3 aromatic rings. The second-order valence-corrected chi connectivity index (χ2v) is 6.70. The minimum atomic E-state index is -0.447. The van der Waals surface area contributed by atoms with Gasteiger partial charge in [-0.3, -0.25) is 0 Å². The fourth-order valence-electron chi connectivity index (χ4n) is 3.43. The first-order valence-electron chi connectivity index (χ1n) is 9.55. The predicted octanol–water partition coefficient (Wildman–Crippen LogP) is 3.76. The molecule has 0 aliphatic rings. The van der Waals surface area contributed by atoms with Crippen molar-refractivity contribution in [1.29, 1.82) is 0 Å². The van der Waals surface area contributed by atoms with Crippen LogP contribution in [0.3, 0.4) is 0 Å². The van der Waals surface area contributed by atoms with Gasteiger partial charge in [0.05, 0.1) is 25.8 Å². The first kappa shape index (κ1) is 21.1. The molecule has 0 spiro atoms. The fraction of sp³-hybridized carbons (Fsp3) is 0.333. The Morgan fingerprint density at radius 3 is 2.43 bits per heavy atom. The number of imidazole rings is 1. The summed E-state index contributed by atoms with van der Waals surface area (Å²) in [6.45, 7) is 6.36. The number of aryl methyl sites for hydroxylation is 1. The van der Waals surface area contributed by atoms with Crippen molar-refractivity contribution in [2.24, 2.45) is 0 Å². The van der Waals surface area contributed by atoms with Crippen LogP contribution in [0.4, 0.5) is 5.82 Å². The van der Waals surface area contributed by atoms with Gasteiger partial charge in [0.15, 0.2) is 5.82 Å². The van der Waals surface area contributed by atoms with E-state index in [-0.39, 0.29) is 12.4 Å². The molecule has 0 aliphatic heterocycles. The predicted molar refractivity (Wildman–Crippen MR) is 111 cm³/mol. The summed E-state index contributed by atoms with van der Waals surface area (Å²) < 4.78 is 13.9. The highest BCUT2D eigenvalue weighted by Gasteiger charge is 2.22. The average Bonchev–Trinajstić information content (AvgIpc) is 3.26. The van der Waals surface area contributed by atoms with E-state index in [0.717, 1.165) is 22.7 Å². The number of nitro groups is 1. The zero-order chi connectivity index (χ0) is 21.8. The maximum absolute atomic E-state index is 12.4. The van der Waals surface area contributed by atoms with Gasteiger partial charge in [0.2, 0.25) is 0 Å². The van der Waals surface area contributed by atoms with Crippen LogP contribution in [0, 0.1) is 24.0 Å². The molecular formula is C21H24N4O5. The van der Waals surface area contributed by atoms with Crippen molar-refractivity contribution in [1.82, 2.24) is 14.1 Å². The van der Waals surface area contributed by atoms with Crippen LogP contribution < -0.4 is 4.74 Å². The quantitative estimate of drug-likeness (QED) is 0.317. The Hall–Kier alpha value is -3.62. The van der Waals surface area contributed by atoms with Crippen molar-refractivity contribution in [2.75, 3.05) is 13.7 Å². The zero-order valence-electron chi connectivity index (χ0n) is 17.4. The number of rotatable bonds is 8. The van der Waals surface area contributed by atoms with Gasteiger partial charge in [-0.25, -0.2) is 14.3 Å². The summed E-state index contributed by atoms with van der Waals surface area (Å²) in [5.41, 5.74) is 2.92. The van der Waals surface area contributed by atoms with Crippen molar-refractivity contribution in [3.63, 3.8) is 0 Å². The summed E-state index contributed by atoms with van der Waals surface area (Å²) in [4.78, 5) is 27.3. The van der Waals surface area contributed by atoms with E-state index in [1.54, 1.807) is 31.6 Å². The Labute approximate surface area is 174 Å². The van der Waals surface area contributed by atoms with E-state index in [4.69, 9.17) is 9.47 Å². The van der Waals surface area contributed by atoms with Gasteiger partial charge in [-0.15, -0.1) is 0 Å². The average molecular weight is 412 g/mol. The van der Waals surface area contributed by atoms with Crippen molar-refractivity contribution < 1.29 is 19.2 Å². The van der Waals surface area contributed by atoms with Gasteiger partial charge in [0, 0.05) is 18.3 Å². The van der Waals surface area contributed by atoms with Crippen molar-refractivity contribution in [2.45, 2.75) is 33.9 Å². The van der Waals surface area contributed by atoms with Gasteiger partial charge in [-0.05, 0) is 54.7 Å². The Balaban J connectivity index is 2.02. The standard InChI is InChI=1S/C21H24N4O5/c1-5-30-21(26)18-12-19(16-6-8-17(29-4)9-7-16)23(14(18)2)10-11-24-15(3)22-13-20(24)25(27)28/h6-9,12-13H,5,10-11H2,1-4H3. The van der Waals surface area contributed by atoms with E-state index in [1.165, 1.54) is 6.20 Å². The third-order valence-electron chi connectivity index (χ3n) is 5.02. The molecule has 0 atom stereocenters. The molecule has 0 saturated heterocycles. The van der Waals surface area contributed by atoms with E-state index in [9.17, 15) is 14.9 Å². The van der Waals surface area contributed by atoms with Crippen LogP contribution in [0.2, 0.25) is 0 Å². The molecule has 0 bridgehead atoms. The first-order chi connectivity index (χ1) is 14.4. The maximum Gasteiger partial charge on any atom is 0.342 e. The molecule has 2 aromatic heterocycles. The molecule has 0 fully saturated rings. The number of hydrogen-bond donors (Lipinski definition) is 0. The van der Waals surface area contributed by atoms with E-state index < -0.39 is 10.9 Å². The van der Waals surface area contributed by atoms with Crippen molar-refractivity contribution in [3.8, 4) is 17.0 Å². The molecule has 9 heteroatoms.